The Bertz CT molecular complexity index is 503. The lowest BCUT2D eigenvalue weighted by atomic mass is 9.99. The molecule has 0 radical (unpaired) electrons. The Morgan fingerprint density at radius 1 is 1.55 bits per heavy atom. The van der Waals surface area contributed by atoms with Crippen LogP contribution < -0.4 is 5.32 Å². The van der Waals surface area contributed by atoms with Crippen LogP contribution in [-0.2, 0) is 13.1 Å². The lowest BCUT2D eigenvalue weighted by Crippen LogP contribution is -2.45. The maximum absolute atomic E-state index is 9.54. The van der Waals surface area contributed by atoms with Crippen LogP contribution in [0.1, 0.15) is 38.4 Å². The van der Waals surface area contributed by atoms with Crippen LogP contribution in [0.5, 0.6) is 0 Å². The maximum Gasteiger partial charge on any atom is 0.122 e. The van der Waals surface area contributed by atoms with Gasteiger partial charge in [0, 0.05) is 31.5 Å². The molecule has 1 saturated carbocycles. The highest BCUT2D eigenvalue weighted by molar-refractivity contribution is 5.14. The molecule has 2 aliphatic rings. The van der Waals surface area contributed by atoms with Gasteiger partial charge in [0.25, 0.3) is 0 Å². The van der Waals surface area contributed by atoms with E-state index in [-0.39, 0.29) is 5.54 Å². The Kier molecular flexibility index (Phi) is 3.77. The summed E-state index contributed by atoms with van der Waals surface area (Å²) in [5, 5.41) is 13.0. The third kappa shape index (κ3) is 2.46. The minimum atomic E-state index is -0.298. The third-order valence-electron chi connectivity index (χ3n) is 4.71. The molecule has 1 aliphatic carbocycles. The first-order chi connectivity index (χ1) is 9.76. The number of imidazole rings is 1. The van der Waals surface area contributed by atoms with Crippen molar-refractivity contribution in [2.75, 3.05) is 13.1 Å². The lowest BCUT2D eigenvalue weighted by Gasteiger charge is -2.33. The molecule has 5 nitrogen and oxygen atoms in total. The summed E-state index contributed by atoms with van der Waals surface area (Å²) in [6.45, 7) is 6.10. The zero-order valence-electron chi connectivity index (χ0n) is 12.2. The van der Waals surface area contributed by atoms with Crippen LogP contribution in [0.25, 0.3) is 0 Å². The van der Waals surface area contributed by atoms with Crippen LogP contribution in [0.4, 0.5) is 0 Å². The van der Waals surface area contributed by atoms with E-state index in [1.807, 2.05) is 6.20 Å². The van der Waals surface area contributed by atoms with Gasteiger partial charge in [0.2, 0.25) is 0 Å². The molecule has 1 aliphatic heterocycles. The Morgan fingerprint density at radius 3 is 3.25 bits per heavy atom. The van der Waals surface area contributed by atoms with Gasteiger partial charge in [-0.05, 0) is 32.2 Å². The smallest absolute Gasteiger partial charge is 0.122 e. The van der Waals surface area contributed by atoms with Gasteiger partial charge < -0.3 is 4.57 Å². The molecule has 0 bridgehead atoms. The zero-order chi connectivity index (χ0) is 14.0. The number of nitrogens with one attached hydrogen (secondary N) is 1. The van der Waals surface area contributed by atoms with E-state index in [0.717, 1.165) is 57.7 Å². The molecule has 108 valence electrons. The van der Waals surface area contributed by atoms with Gasteiger partial charge in [-0.15, -0.1) is 0 Å². The highest BCUT2D eigenvalue weighted by atomic mass is 15.3. The Labute approximate surface area is 120 Å². The molecule has 1 fully saturated rings. The fourth-order valence-corrected chi connectivity index (χ4v) is 3.50. The maximum atomic E-state index is 9.54. The van der Waals surface area contributed by atoms with E-state index in [1.165, 1.54) is 0 Å². The minimum absolute atomic E-state index is 0.298. The number of aromatic nitrogens is 2. The third-order valence-corrected chi connectivity index (χ3v) is 4.71. The predicted octanol–water partition coefficient (Wildman–Crippen LogP) is 1.51. The topological polar surface area (TPSA) is 56.9 Å². The van der Waals surface area contributed by atoms with Gasteiger partial charge >= 0.3 is 0 Å². The van der Waals surface area contributed by atoms with Crippen LogP contribution in [0, 0.1) is 11.3 Å². The molecule has 1 aromatic heterocycles. The van der Waals surface area contributed by atoms with Crippen molar-refractivity contribution in [3.05, 3.63) is 18.2 Å². The quantitative estimate of drug-likeness (QED) is 0.903. The summed E-state index contributed by atoms with van der Waals surface area (Å²) < 4.78 is 2.23. The molecule has 2 heterocycles. The Hall–Kier alpha value is -1.38. The molecule has 2 unspecified atom stereocenters. The molecule has 1 aromatic rings. The van der Waals surface area contributed by atoms with Gasteiger partial charge in [0.15, 0.2) is 0 Å². The number of nitriles is 1. The van der Waals surface area contributed by atoms with E-state index in [9.17, 15) is 5.26 Å². The predicted molar refractivity (Wildman–Crippen MR) is 76.9 cm³/mol. The molecule has 0 spiro atoms. The summed E-state index contributed by atoms with van der Waals surface area (Å²) >= 11 is 0. The van der Waals surface area contributed by atoms with Crippen molar-refractivity contribution in [3.63, 3.8) is 0 Å². The standard InChI is InChI=1S/C15H23N5/c1-2-5-18-15(12-16)4-3-13(10-15)20-9-8-19-7-6-17-14(19)11-20/h6-7,13,18H,2-5,8-11H2,1H3. The Balaban J connectivity index is 1.64. The summed E-state index contributed by atoms with van der Waals surface area (Å²) in [7, 11) is 0. The molecular formula is C15H23N5. The first-order valence-corrected chi connectivity index (χ1v) is 7.67. The van der Waals surface area contributed by atoms with Crippen molar-refractivity contribution in [1.82, 2.24) is 19.8 Å². The minimum Gasteiger partial charge on any atom is -0.333 e. The van der Waals surface area contributed by atoms with Crippen molar-refractivity contribution in [2.24, 2.45) is 0 Å². The summed E-state index contributed by atoms with van der Waals surface area (Å²) in [6.07, 6.45) is 8.06. The monoisotopic (exact) mass is 273 g/mol. The highest BCUT2D eigenvalue weighted by Crippen LogP contribution is 2.34. The van der Waals surface area contributed by atoms with Gasteiger partial charge in [-0.25, -0.2) is 4.98 Å². The molecule has 0 amide bonds. The fraction of sp³-hybridized carbons (Fsp3) is 0.733. The van der Waals surface area contributed by atoms with Crippen LogP contribution in [0.3, 0.4) is 0 Å². The number of nitrogens with zero attached hydrogens (tertiary/aromatic N) is 4. The van der Waals surface area contributed by atoms with Gasteiger partial charge in [-0.3, -0.25) is 10.2 Å². The second-order valence-corrected chi connectivity index (χ2v) is 6.02. The summed E-state index contributed by atoms with van der Waals surface area (Å²) in [5.74, 6) is 1.16. The first kappa shape index (κ1) is 13.6. The van der Waals surface area contributed by atoms with Crippen molar-refractivity contribution < 1.29 is 0 Å². The molecule has 5 heteroatoms. The summed E-state index contributed by atoms with van der Waals surface area (Å²) in [4.78, 5) is 6.93. The zero-order valence-corrected chi connectivity index (χ0v) is 12.2. The molecule has 1 N–H and O–H groups in total. The normalized spacial score (nSPS) is 30.1. The van der Waals surface area contributed by atoms with Crippen LogP contribution >= 0.6 is 0 Å². The van der Waals surface area contributed by atoms with E-state index >= 15 is 0 Å². The summed E-state index contributed by atoms with van der Waals surface area (Å²) in [6, 6.07) is 3.05. The molecule has 0 aromatic carbocycles. The van der Waals surface area contributed by atoms with E-state index < -0.39 is 0 Å². The van der Waals surface area contributed by atoms with Gasteiger partial charge in [-0.1, -0.05) is 6.92 Å². The molecule has 2 atom stereocenters. The van der Waals surface area contributed by atoms with Crippen LogP contribution in [0.2, 0.25) is 0 Å². The lowest BCUT2D eigenvalue weighted by molar-refractivity contribution is 0.150. The average Bonchev–Trinajstić information content (AvgIpc) is 3.11. The van der Waals surface area contributed by atoms with Gasteiger partial charge in [-0.2, -0.15) is 5.26 Å². The van der Waals surface area contributed by atoms with E-state index in [0.29, 0.717) is 6.04 Å². The van der Waals surface area contributed by atoms with Gasteiger partial charge in [0.05, 0.1) is 12.6 Å². The van der Waals surface area contributed by atoms with Crippen LogP contribution in [-0.4, -0.2) is 39.1 Å². The van der Waals surface area contributed by atoms with Crippen molar-refractivity contribution in [3.8, 4) is 6.07 Å². The number of rotatable bonds is 4. The fourth-order valence-electron chi connectivity index (χ4n) is 3.50. The van der Waals surface area contributed by atoms with Crippen molar-refractivity contribution in [1.29, 1.82) is 5.26 Å². The number of fused-ring (bicyclic) bond motifs is 1. The number of hydrogen-bond donors (Lipinski definition) is 1. The largest absolute Gasteiger partial charge is 0.333 e. The van der Waals surface area contributed by atoms with Crippen molar-refractivity contribution >= 4 is 0 Å². The molecule has 20 heavy (non-hydrogen) atoms. The highest BCUT2D eigenvalue weighted by Gasteiger charge is 2.41. The van der Waals surface area contributed by atoms with E-state index in [1.54, 1.807) is 0 Å². The van der Waals surface area contributed by atoms with E-state index in [4.69, 9.17) is 0 Å². The molecule has 0 saturated heterocycles. The number of hydrogen-bond acceptors (Lipinski definition) is 4. The average molecular weight is 273 g/mol. The first-order valence-electron chi connectivity index (χ1n) is 7.67. The molecular weight excluding hydrogens is 250 g/mol. The molecule has 3 rings (SSSR count). The van der Waals surface area contributed by atoms with Crippen LogP contribution in [0.15, 0.2) is 12.4 Å². The van der Waals surface area contributed by atoms with E-state index in [2.05, 4.69) is 39.0 Å². The Morgan fingerprint density at radius 2 is 2.45 bits per heavy atom. The second kappa shape index (κ2) is 5.55. The second-order valence-electron chi connectivity index (χ2n) is 6.02. The summed E-state index contributed by atoms with van der Waals surface area (Å²) in [5.41, 5.74) is -0.298. The van der Waals surface area contributed by atoms with Crippen molar-refractivity contribution in [2.45, 2.75) is 57.3 Å². The van der Waals surface area contributed by atoms with Gasteiger partial charge in [0.1, 0.15) is 11.4 Å². The SMILES string of the molecule is CCCNC1(C#N)CCC(N2CCn3ccnc3C2)C1.